The number of sulfonamides is 1. The van der Waals surface area contributed by atoms with Crippen LogP contribution >= 0.6 is 11.8 Å². The molecular weight excluding hydrogens is 358 g/mol. The Morgan fingerprint density at radius 1 is 1.04 bits per heavy atom. The van der Waals surface area contributed by atoms with Crippen molar-refractivity contribution in [2.75, 3.05) is 27.9 Å². The van der Waals surface area contributed by atoms with Crippen LogP contribution in [0.3, 0.4) is 0 Å². The Balaban J connectivity index is 1.99. The van der Waals surface area contributed by atoms with E-state index in [1.807, 2.05) is 30.5 Å². The third-order valence-electron chi connectivity index (χ3n) is 3.33. The van der Waals surface area contributed by atoms with Crippen LogP contribution in [-0.4, -0.2) is 32.9 Å². The zero-order chi connectivity index (χ0) is 18.4. The van der Waals surface area contributed by atoms with Gasteiger partial charge in [-0.15, -0.1) is 11.8 Å². The van der Waals surface area contributed by atoms with E-state index < -0.39 is 16.1 Å². The van der Waals surface area contributed by atoms with E-state index in [0.717, 1.165) is 22.5 Å². The molecule has 25 heavy (non-hydrogen) atoms. The number of rotatable bonds is 7. The fraction of sp³-hybridized carbons (Fsp3) is 0.235. The summed E-state index contributed by atoms with van der Waals surface area (Å²) in [4.78, 5) is 13.4. The van der Waals surface area contributed by atoms with E-state index in [1.54, 1.807) is 43.0 Å². The molecule has 0 aromatic heterocycles. The Bertz CT molecular complexity index is 836. The molecule has 0 spiro atoms. The first-order valence-corrected chi connectivity index (χ1v) is 10.7. The van der Waals surface area contributed by atoms with Crippen molar-refractivity contribution in [2.24, 2.45) is 0 Å². The van der Waals surface area contributed by atoms with Gasteiger partial charge in [0.25, 0.3) is 0 Å². The molecule has 2 aromatic carbocycles. The van der Waals surface area contributed by atoms with Gasteiger partial charge in [-0.25, -0.2) is 8.42 Å². The summed E-state index contributed by atoms with van der Waals surface area (Å²) in [7, 11) is -3.30. The van der Waals surface area contributed by atoms with Crippen LogP contribution in [0, 0.1) is 0 Å². The first-order valence-electron chi connectivity index (χ1n) is 7.57. The predicted molar refractivity (Wildman–Crippen MR) is 105 cm³/mol. The highest BCUT2D eigenvalue weighted by atomic mass is 32.2. The second-order valence-corrected chi connectivity index (χ2v) is 8.10. The van der Waals surface area contributed by atoms with E-state index in [9.17, 15) is 13.2 Å². The van der Waals surface area contributed by atoms with Gasteiger partial charge in [-0.05, 0) is 49.6 Å². The molecule has 8 heteroatoms. The third kappa shape index (κ3) is 5.99. The van der Waals surface area contributed by atoms with Gasteiger partial charge in [0.2, 0.25) is 15.9 Å². The molecule has 0 bridgehead atoms. The molecule has 1 unspecified atom stereocenters. The number of thioether (sulfide) groups is 1. The SMILES string of the molecule is CSc1ccccc1NC(=O)C(C)Nc1ccc(NS(C)(=O)=O)cc1. The van der Waals surface area contributed by atoms with Gasteiger partial charge in [-0.2, -0.15) is 0 Å². The summed E-state index contributed by atoms with van der Waals surface area (Å²) in [5, 5.41) is 6.00. The Morgan fingerprint density at radius 2 is 1.64 bits per heavy atom. The molecule has 0 heterocycles. The van der Waals surface area contributed by atoms with E-state index in [-0.39, 0.29) is 5.91 Å². The van der Waals surface area contributed by atoms with Gasteiger partial charge in [0.15, 0.2) is 0 Å². The van der Waals surface area contributed by atoms with Gasteiger partial charge in [0, 0.05) is 16.3 Å². The van der Waals surface area contributed by atoms with Crippen LogP contribution in [0.2, 0.25) is 0 Å². The monoisotopic (exact) mass is 379 g/mol. The smallest absolute Gasteiger partial charge is 0.246 e. The van der Waals surface area contributed by atoms with Crippen LogP contribution in [0.1, 0.15) is 6.92 Å². The van der Waals surface area contributed by atoms with Crippen molar-refractivity contribution in [2.45, 2.75) is 17.9 Å². The van der Waals surface area contributed by atoms with Crippen LogP contribution in [0.4, 0.5) is 17.1 Å². The second kappa shape index (κ2) is 8.26. The number of carbonyl (C=O) groups is 1. The van der Waals surface area contributed by atoms with E-state index in [0.29, 0.717) is 5.69 Å². The minimum Gasteiger partial charge on any atom is -0.374 e. The number of benzene rings is 2. The number of hydrogen-bond acceptors (Lipinski definition) is 5. The summed E-state index contributed by atoms with van der Waals surface area (Å²) in [6.45, 7) is 1.76. The van der Waals surface area contributed by atoms with Gasteiger partial charge < -0.3 is 10.6 Å². The Morgan fingerprint density at radius 3 is 2.24 bits per heavy atom. The fourth-order valence-electron chi connectivity index (χ4n) is 2.15. The standard InChI is InChI=1S/C17H21N3O3S2/c1-12(17(21)19-15-6-4-5-7-16(15)24-2)18-13-8-10-14(11-9-13)20-25(3,22)23/h4-12,18,20H,1-3H3,(H,19,21). The Kier molecular flexibility index (Phi) is 6.33. The van der Waals surface area contributed by atoms with E-state index in [2.05, 4.69) is 15.4 Å². The van der Waals surface area contributed by atoms with Crippen LogP contribution < -0.4 is 15.4 Å². The summed E-state index contributed by atoms with van der Waals surface area (Å²) >= 11 is 1.57. The second-order valence-electron chi connectivity index (χ2n) is 5.51. The van der Waals surface area contributed by atoms with Crippen molar-refractivity contribution >= 4 is 44.8 Å². The minimum atomic E-state index is -3.30. The molecule has 0 saturated heterocycles. The molecule has 2 rings (SSSR count). The number of amides is 1. The van der Waals surface area contributed by atoms with Crippen molar-refractivity contribution in [3.05, 3.63) is 48.5 Å². The van der Waals surface area contributed by atoms with Crippen molar-refractivity contribution < 1.29 is 13.2 Å². The molecule has 6 nitrogen and oxygen atoms in total. The predicted octanol–water partition coefficient (Wildman–Crippen LogP) is 3.22. The number of anilines is 3. The summed E-state index contributed by atoms with van der Waals surface area (Å²) in [6, 6.07) is 13.9. The summed E-state index contributed by atoms with van der Waals surface area (Å²) in [5.74, 6) is -0.153. The molecule has 0 aliphatic heterocycles. The molecule has 1 atom stereocenters. The van der Waals surface area contributed by atoms with Gasteiger partial charge >= 0.3 is 0 Å². The van der Waals surface area contributed by atoms with Crippen LogP contribution in [0.25, 0.3) is 0 Å². The first-order chi connectivity index (χ1) is 11.8. The van der Waals surface area contributed by atoms with E-state index in [1.165, 1.54) is 0 Å². The highest BCUT2D eigenvalue weighted by Crippen LogP contribution is 2.25. The highest BCUT2D eigenvalue weighted by Gasteiger charge is 2.14. The van der Waals surface area contributed by atoms with E-state index >= 15 is 0 Å². The normalized spacial score (nSPS) is 12.3. The maximum atomic E-state index is 12.4. The molecule has 0 aliphatic rings. The topological polar surface area (TPSA) is 87.3 Å². The molecule has 0 aliphatic carbocycles. The van der Waals surface area contributed by atoms with Crippen molar-refractivity contribution in [1.82, 2.24) is 0 Å². The average Bonchev–Trinajstić information content (AvgIpc) is 2.55. The van der Waals surface area contributed by atoms with Crippen molar-refractivity contribution in [3.8, 4) is 0 Å². The van der Waals surface area contributed by atoms with Gasteiger partial charge in [0.05, 0.1) is 11.9 Å². The number of hydrogen-bond donors (Lipinski definition) is 3. The van der Waals surface area contributed by atoms with Crippen molar-refractivity contribution in [1.29, 1.82) is 0 Å². The van der Waals surface area contributed by atoms with Crippen LogP contribution in [0.15, 0.2) is 53.4 Å². The number of carbonyl (C=O) groups excluding carboxylic acids is 1. The molecule has 0 fully saturated rings. The van der Waals surface area contributed by atoms with E-state index in [4.69, 9.17) is 0 Å². The lowest BCUT2D eigenvalue weighted by molar-refractivity contribution is -0.116. The molecule has 0 saturated carbocycles. The molecule has 0 radical (unpaired) electrons. The van der Waals surface area contributed by atoms with Crippen LogP contribution in [-0.2, 0) is 14.8 Å². The maximum Gasteiger partial charge on any atom is 0.246 e. The first kappa shape index (κ1) is 19.1. The summed E-state index contributed by atoms with van der Waals surface area (Å²) < 4.78 is 24.8. The number of nitrogens with one attached hydrogen (secondary N) is 3. The molecular formula is C17H21N3O3S2. The molecule has 134 valence electrons. The lowest BCUT2D eigenvalue weighted by Gasteiger charge is -2.17. The maximum absolute atomic E-state index is 12.4. The highest BCUT2D eigenvalue weighted by molar-refractivity contribution is 7.98. The van der Waals surface area contributed by atoms with Gasteiger partial charge in [-0.1, -0.05) is 12.1 Å². The molecule has 3 N–H and O–H groups in total. The summed E-state index contributed by atoms with van der Waals surface area (Å²) in [5.41, 5.74) is 1.97. The van der Waals surface area contributed by atoms with Crippen LogP contribution in [0.5, 0.6) is 0 Å². The lowest BCUT2D eigenvalue weighted by Crippen LogP contribution is -2.32. The minimum absolute atomic E-state index is 0.153. The zero-order valence-electron chi connectivity index (χ0n) is 14.2. The third-order valence-corrected chi connectivity index (χ3v) is 4.73. The lowest BCUT2D eigenvalue weighted by atomic mass is 10.2. The molecule has 1 amide bonds. The molecule has 2 aromatic rings. The summed E-state index contributed by atoms with van der Waals surface area (Å²) in [6.07, 6.45) is 3.05. The van der Waals surface area contributed by atoms with Gasteiger partial charge in [0.1, 0.15) is 6.04 Å². The average molecular weight is 380 g/mol. The largest absolute Gasteiger partial charge is 0.374 e. The fourth-order valence-corrected chi connectivity index (χ4v) is 3.27. The Hall–Kier alpha value is -2.19. The number of para-hydroxylation sites is 1. The Labute approximate surface area is 152 Å². The van der Waals surface area contributed by atoms with Crippen molar-refractivity contribution in [3.63, 3.8) is 0 Å². The van der Waals surface area contributed by atoms with Gasteiger partial charge in [-0.3, -0.25) is 9.52 Å². The quantitative estimate of drug-likeness (QED) is 0.643. The zero-order valence-corrected chi connectivity index (χ0v) is 15.9.